The lowest BCUT2D eigenvalue weighted by atomic mass is 9.87. The van der Waals surface area contributed by atoms with Crippen molar-refractivity contribution in [1.29, 1.82) is 0 Å². The lowest BCUT2D eigenvalue weighted by molar-refractivity contribution is 0.297. The van der Waals surface area contributed by atoms with Gasteiger partial charge in [0.1, 0.15) is 5.75 Å². The monoisotopic (exact) mass is 297 g/mol. The van der Waals surface area contributed by atoms with Crippen LogP contribution >= 0.6 is 0 Å². The smallest absolute Gasteiger partial charge is 0.182 e. The average molecular weight is 297 g/mol. The third-order valence-corrected chi connectivity index (χ3v) is 6.62. The van der Waals surface area contributed by atoms with Gasteiger partial charge in [0.25, 0.3) is 0 Å². The maximum absolute atomic E-state index is 12.8. The van der Waals surface area contributed by atoms with Gasteiger partial charge < -0.3 is 10.1 Å². The minimum Gasteiger partial charge on any atom is -0.497 e. The molecule has 5 heteroatoms. The molecule has 2 rings (SSSR count). The zero-order valence-electron chi connectivity index (χ0n) is 12.5. The van der Waals surface area contributed by atoms with Crippen LogP contribution in [0.3, 0.4) is 0 Å². The third-order valence-electron chi connectivity index (χ3n) is 4.38. The largest absolute Gasteiger partial charge is 0.497 e. The zero-order valence-corrected chi connectivity index (χ0v) is 13.3. The molecule has 1 fully saturated rings. The number of hydrogen-bond acceptors (Lipinski definition) is 4. The lowest BCUT2D eigenvalue weighted by Gasteiger charge is -2.30. The predicted octanol–water partition coefficient (Wildman–Crippen LogP) is 2.25. The number of nitrogens with one attached hydrogen (secondary N) is 1. The van der Waals surface area contributed by atoms with Crippen molar-refractivity contribution in [2.24, 2.45) is 5.41 Å². The molecule has 1 aliphatic carbocycles. The summed E-state index contributed by atoms with van der Waals surface area (Å²) < 4.78 is 30.7. The van der Waals surface area contributed by atoms with Crippen LogP contribution < -0.4 is 10.1 Å². The number of ether oxygens (including phenoxy) is 1. The van der Waals surface area contributed by atoms with E-state index in [2.05, 4.69) is 19.2 Å². The number of rotatable bonds is 4. The molecule has 1 N–H and O–H groups in total. The molecule has 112 valence electrons. The van der Waals surface area contributed by atoms with Crippen molar-refractivity contribution in [2.45, 2.75) is 42.9 Å². The normalized spacial score (nSPS) is 25.6. The van der Waals surface area contributed by atoms with E-state index in [1.807, 2.05) is 7.05 Å². The number of benzene rings is 1. The van der Waals surface area contributed by atoms with Crippen LogP contribution in [0, 0.1) is 5.41 Å². The lowest BCUT2D eigenvalue weighted by Crippen LogP contribution is -2.45. The summed E-state index contributed by atoms with van der Waals surface area (Å²) in [5.41, 5.74) is -0.00103. The van der Waals surface area contributed by atoms with E-state index in [-0.39, 0.29) is 16.7 Å². The Morgan fingerprint density at radius 1 is 1.25 bits per heavy atom. The molecular formula is C15H23NO3S. The molecule has 1 saturated carbocycles. The molecule has 1 aromatic carbocycles. The summed E-state index contributed by atoms with van der Waals surface area (Å²) in [5, 5.41) is 2.83. The maximum atomic E-state index is 12.8. The van der Waals surface area contributed by atoms with E-state index in [9.17, 15) is 8.42 Å². The summed E-state index contributed by atoms with van der Waals surface area (Å²) in [5.74, 6) is 0.667. The van der Waals surface area contributed by atoms with Crippen LogP contribution in [0.4, 0.5) is 0 Å². The fourth-order valence-electron chi connectivity index (χ4n) is 3.19. The Bertz CT molecular complexity index is 563. The zero-order chi connectivity index (χ0) is 15.0. The molecule has 1 aromatic rings. The van der Waals surface area contributed by atoms with Gasteiger partial charge in [0.05, 0.1) is 17.3 Å². The second kappa shape index (κ2) is 5.37. The molecule has 0 spiro atoms. The van der Waals surface area contributed by atoms with Crippen molar-refractivity contribution in [1.82, 2.24) is 5.32 Å². The molecule has 0 bridgehead atoms. The van der Waals surface area contributed by atoms with Gasteiger partial charge in [-0.25, -0.2) is 8.42 Å². The van der Waals surface area contributed by atoms with Crippen LogP contribution in [-0.4, -0.2) is 33.9 Å². The topological polar surface area (TPSA) is 55.4 Å². The van der Waals surface area contributed by atoms with Crippen molar-refractivity contribution < 1.29 is 13.2 Å². The second-order valence-electron chi connectivity index (χ2n) is 6.05. The highest BCUT2D eigenvalue weighted by Crippen LogP contribution is 2.42. The summed E-state index contributed by atoms with van der Waals surface area (Å²) >= 11 is 0. The minimum atomic E-state index is -3.31. The van der Waals surface area contributed by atoms with Gasteiger partial charge in [-0.2, -0.15) is 0 Å². The predicted molar refractivity (Wildman–Crippen MR) is 79.8 cm³/mol. The molecule has 20 heavy (non-hydrogen) atoms. The van der Waals surface area contributed by atoms with Crippen LogP contribution in [-0.2, 0) is 9.84 Å². The molecular weight excluding hydrogens is 274 g/mol. The molecule has 0 heterocycles. The number of sulfone groups is 1. The van der Waals surface area contributed by atoms with Crippen molar-refractivity contribution in [2.75, 3.05) is 14.2 Å². The van der Waals surface area contributed by atoms with E-state index < -0.39 is 9.84 Å². The van der Waals surface area contributed by atoms with Gasteiger partial charge >= 0.3 is 0 Å². The third kappa shape index (κ3) is 2.56. The van der Waals surface area contributed by atoms with Gasteiger partial charge in [0.15, 0.2) is 9.84 Å². The summed E-state index contributed by atoms with van der Waals surface area (Å²) in [6.07, 6.45) is 1.62. The Morgan fingerprint density at radius 2 is 1.85 bits per heavy atom. The van der Waals surface area contributed by atoms with E-state index in [1.165, 1.54) is 0 Å². The molecule has 0 aliphatic heterocycles. The highest BCUT2D eigenvalue weighted by molar-refractivity contribution is 7.92. The molecule has 2 atom stereocenters. The first-order chi connectivity index (χ1) is 9.32. The van der Waals surface area contributed by atoms with Gasteiger partial charge in [-0.15, -0.1) is 0 Å². The van der Waals surface area contributed by atoms with E-state index in [1.54, 1.807) is 31.4 Å². The van der Waals surface area contributed by atoms with Gasteiger partial charge in [0.2, 0.25) is 0 Å². The highest BCUT2D eigenvalue weighted by Gasteiger charge is 2.47. The second-order valence-corrected chi connectivity index (χ2v) is 8.22. The van der Waals surface area contributed by atoms with Crippen LogP contribution in [0.25, 0.3) is 0 Å². The fourth-order valence-corrected chi connectivity index (χ4v) is 5.35. The molecule has 4 nitrogen and oxygen atoms in total. The van der Waals surface area contributed by atoms with Crippen molar-refractivity contribution in [3.05, 3.63) is 24.3 Å². The van der Waals surface area contributed by atoms with E-state index in [4.69, 9.17) is 4.74 Å². The van der Waals surface area contributed by atoms with Crippen LogP contribution in [0.5, 0.6) is 5.75 Å². The van der Waals surface area contributed by atoms with Crippen molar-refractivity contribution in [3.63, 3.8) is 0 Å². The minimum absolute atomic E-state index is 0.00103. The van der Waals surface area contributed by atoms with Gasteiger partial charge in [-0.3, -0.25) is 0 Å². The molecule has 0 aromatic heterocycles. The standard InChI is InChI=1S/C15H23NO3S/c1-15(2)10-9-13(14(15)16-3)20(17,18)12-7-5-11(19-4)6-8-12/h5-8,13-14,16H,9-10H2,1-4H3. The number of hydrogen-bond donors (Lipinski definition) is 1. The first kappa shape index (κ1) is 15.3. The Hall–Kier alpha value is -1.07. The molecule has 1 aliphatic rings. The highest BCUT2D eigenvalue weighted by atomic mass is 32.2. The van der Waals surface area contributed by atoms with Gasteiger partial charge in [0, 0.05) is 6.04 Å². The van der Waals surface area contributed by atoms with E-state index in [0.29, 0.717) is 17.1 Å². The van der Waals surface area contributed by atoms with E-state index in [0.717, 1.165) is 6.42 Å². The molecule has 2 unspecified atom stereocenters. The fraction of sp³-hybridized carbons (Fsp3) is 0.600. The first-order valence-electron chi connectivity index (χ1n) is 6.88. The molecule has 0 amide bonds. The Morgan fingerprint density at radius 3 is 2.35 bits per heavy atom. The summed E-state index contributed by atoms with van der Waals surface area (Å²) in [7, 11) is 0.0970. The van der Waals surface area contributed by atoms with Crippen molar-refractivity contribution in [3.8, 4) is 5.75 Å². The molecule has 0 radical (unpaired) electrons. The Labute approximate surface area is 121 Å². The van der Waals surface area contributed by atoms with Crippen molar-refractivity contribution >= 4 is 9.84 Å². The van der Waals surface area contributed by atoms with Crippen LogP contribution in [0.15, 0.2) is 29.2 Å². The van der Waals surface area contributed by atoms with Crippen LogP contribution in [0.1, 0.15) is 26.7 Å². The summed E-state index contributed by atoms with van der Waals surface area (Å²) in [6.45, 7) is 4.25. The van der Waals surface area contributed by atoms with Gasteiger partial charge in [-0.05, 0) is 49.6 Å². The molecule has 0 saturated heterocycles. The van der Waals surface area contributed by atoms with Crippen LogP contribution in [0.2, 0.25) is 0 Å². The first-order valence-corrected chi connectivity index (χ1v) is 8.43. The number of methoxy groups -OCH3 is 1. The Balaban J connectivity index is 2.34. The Kier molecular flexibility index (Phi) is 4.12. The average Bonchev–Trinajstić information content (AvgIpc) is 2.74. The summed E-state index contributed by atoms with van der Waals surface area (Å²) in [4.78, 5) is 0.376. The SMILES string of the molecule is CNC1C(S(=O)(=O)c2ccc(OC)cc2)CCC1(C)C. The maximum Gasteiger partial charge on any atom is 0.182 e. The summed E-state index contributed by atoms with van der Waals surface area (Å²) in [6, 6.07) is 6.64. The van der Waals surface area contributed by atoms with Gasteiger partial charge in [-0.1, -0.05) is 13.8 Å². The van der Waals surface area contributed by atoms with E-state index >= 15 is 0 Å². The quantitative estimate of drug-likeness (QED) is 0.926.